The van der Waals surface area contributed by atoms with Crippen molar-refractivity contribution in [2.24, 2.45) is 0 Å². The van der Waals surface area contributed by atoms with E-state index < -0.39 is 0 Å². The predicted molar refractivity (Wildman–Crippen MR) is 64.7 cm³/mol. The van der Waals surface area contributed by atoms with Gasteiger partial charge in [0.2, 0.25) is 11.8 Å². The molecule has 0 aliphatic rings. The van der Waals surface area contributed by atoms with E-state index in [1.165, 1.54) is 6.92 Å². The molecule has 16 heavy (non-hydrogen) atoms. The van der Waals surface area contributed by atoms with E-state index in [2.05, 4.69) is 26.6 Å². The predicted octanol–water partition coefficient (Wildman–Crippen LogP) is 1.20. The molecule has 0 aliphatic heterocycles. The van der Waals surface area contributed by atoms with Crippen molar-refractivity contribution >= 4 is 27.7 Å². The molecule has 0 heterocycles. The Balaban J connectivity index is 2.34. The Morgan fingerprint density at radius 1 is 1.31 bits per heavy atom. The molecule has 1 aromatic carbocycles. The zero-order chi connectivity index (χ0) is 12.0. The van der Waals surface area contributed by atoms with Crippen molar-refractivity contribution in [1.82, 2.24) is 10.6 Å². The Kier molecular flexibility index (Phi) is 4.98. The van der Waals surface area contributed by atoms with E-state index in [1.54, 1.807) is 0 Å². The molecule has 86 valence electrons. The van der Waals surface area contributed by atoms with Crippen molar-refractivity contribution in [3.05, 3.63) is 34.3 Å². The third-order valence-electron chi connectivity index (χ3n) is 1.88. The van der Waals surface area contributed by atoms with Crippen LogP contribution in [0.1, 0.15) is 12.5 Å². The molecule has 5 heteroatoms. The lowest BCUT2D eigenvalue weighted by Crippen LogP contribution is -2.35. The summed E-state index contributed by atoms with van der Waals surface area (Å²) in [7, 11) is 0. The molecule has 0 atom stereocenters. The summed E-state index contributed by atoms with van der Waals surface area (Å²) in [5.41, 5.74) is 1.01. The summed E-state index contributed by atoms with van der Waals surface area (Å²) in [5, 5.41) is 5.14. The third-order valence-corrected chi connectivity index (χ3v) is 2.37. The fraction of sp³-hybridized carbons (Fsp3) is 0.273. The number of rotatable bonds is 4. The van der Waals surface area contributed by atoms with Gasteiger partial charge in [0.25, 0.3) is 0 Å². The Hall–Kier alpha value is -1.36. The van der Waals surface area contributed by atoms with Crippen LogP contribution in [0.2, 0.25) is 0 Å². The van der Waals surface area contributed by atoms with Gasteiger partial charge in [-0.3, -0.25) is 9.59 Å². The Morgan fingerprint density at radius 2 is 2.06 bits per heavy atom. The second-order valence-corrected chi connectivity index (χ2v) is 4.23. The molecule has 4 nitrogen and oxygen atoms in total. The average molecular weight is 285 g/mol. The summed E-state index contributed by atoms with van der Waals surface area (Å²) in [6, 6.07) is 7.67. The maximum absolute atomic E-state index is 11.3. The minimum Gasteiger partial charge on any atom is -0.350 e. The zero-order valence-corrected chi connectivity index (χ0v) is 10.5. The maximum atomic E-state index is 11.3. The first-order valence-corrected chi connectivity index (χ1v) is 5.63. The van der Waals surface area contributed by atoms with Gasteiger partial charge in [-0.1, -0.05) is 28.1 Å². The van der Waals surface area contributed by atoms with Crippen LogP contribution in [0.15, 0.2) is 28.7 Å². The number of halogens is 1. The number of hydrogen-bond donors (Lipinski definition) is 2. The Labute approximate surface area is 103 Å². The third kappa shape index (κ3) is 4.93. The van der Waals surface area contributed by atoms with Gasteiger partial charge in [0, 0.05) is 17.9 Å². The van der Waals surface area contributed by atoms with Crippen molar-refractivity contribution in [1.29, 1.82) is 0 Å². The number of nitrogens with one attached hydrogen (secondary N) is 2. The molecule has 2 N–H and O–H groups in total. The summed E-state index contributed by atoms with van der Waals surface area (Å²) < 4.78 is 0.973. The number of carbonyl (C=O) groups excluding carboxylic acids is 2. The standard InChI is InChI=1S/C11H13BrN2O2/c1-8(15)13-7-11(16)14-6-9-3-2-4-10(12)5-9/h2-5H,6-7H2,1H3,(H,13,15)(H,14,16). The smallest absolute Gasteiger partial charge is 0.239 e. The number of amides is 2. The van der Waals surface area contributed by atoms with E-state index in [9.17, 15) is 9.59 Å². The number of hydrogen-bond acceptors (Lipinski definition) is 2. The molecule has 0 fully saturated rings. The number of benzene rings is 1. The van der Waals surface area contributed by atoms with Gasteiger partial charge in [-0.05, 0) is 17.7 Å². The summed E-state index contributed by atoms with van der Waals surface area (Å²) in [6.45, 7) is 1.85. The van der Waals surface area contributed by atoms with Gasteiger partial charge in [-0.15, -0.1) is 0 Å². The van der Waals surface area contributed by atoms with E-state index >= 15 is 0 Å². The first-order chi connectivity index (χ1) is 7.58. The molecule has 0 radical (unpaired) electrons. The fourth-order valence-corrected chi connectivity index (χ4v) is 1.56. The molecule has 0 aliphatic carbocycles. The van der Waals surface area contributed by atoms with Crippen molar-refractivity contribution in [3.63, 3.8) is 0 Å². The van der Waals surface area contributed by atoms with E-state index in [1.807, 2.05) is 24.3 Å². The Bertz CT molecular complexity index is 393. The van der Waals surface area contributed by atoms with Gasteiger partial charge in [-0.2, -0.15) is 0 Å². The molecular formula is C11H13BrN2O2. The quantitative estimate of drug-likeness (QED) is 0.873. The minimum atomic E-state index is -0.211. The highest BCUT2D eigenvalue weighted by Crippen LogP contribution is 2.11. The van der Waals surface area contributed by atoms with E-state index in [0.29, 0.717) is 6.54 Å². The van der Waals surface area contributed by atoms with Crippen molar-refractivity contribution in [2.45, 2.75) is 13.5 Å². The monoisotopic (exact) mass is 284 g/mol. The molecule has 2 amide bonds. The minimum absolute atomic E-state index is 0.0172. The van der Waals surface area contributed by atoms with Crippen LogP contribution < -0.4 is 10.6 Å². The van der Waals surface area contributed by atoms with Gasteiger partial charge in [0.15, 0.2) is 0 Å². The summed E-state index contributed by atoms with van der Waals surface area (Å²) in [5.74, 6) is -0.409. The second kappa shape index (κ2) is 6.27. The molecule has 0 saturated heterocycles. The van der Waals surface area contributed by atoms with Gasteiger partial charge in [0.1, 0.15) is 0 Å². The van der Waals surface area contributed by atoms with Crippen LogP contribution in [0.25, 0.3) is 0 Å². The van der Waals surface area contributed by atoms with Crippen LogP contribution in [-0.4, -0.2) is 18.4 Å². The summed E-state index contributed by atoms with van der Waals surface area (Å²) >= 11 is 3.35. The summed E-state index contributed by atoms with van der Waals surface area (Å²) in [4.78, 5) is 21.8. The van der Waals surface area contributed by atoms with E-state index in [0.717, 1.165) is 10.0 Å². The van der Waals surface area contributed by atoms with E-state index in [4.69, 9.17) is 0 Å². The molecule has 0 aromatic heterocycles. The largest absolute Gasteiger partial charge is 0.350 e. The van der Waals surface area contributed by atoms with Crippen LogP contribution in [0.5, 0.6) is 0 Å². The normalized spacial score (nSPS) is 9.62. The zero-order valence-electron chi connectivity index (χ0n) is 8.92. The molecule has 0 bridgehead atoms. The van der Waals surface area contributed by atoms with Gasteiger partial charge >= 0.3 is 0 Å². The molecule has 1 rings (SSSR count). The van der Waals surface area contributed by atoms with Gasteiger partial charge in [-0.25, -0.2) is 0 Å². The average Bonchev–Trinajstić information content (AvgIpc) is 2.23. The lowest BCUT2D eigenvalue weighted by molar-refractivity contribution is -0.125. The highest BCUT2D eigenvalue weighted by Gasteiger charge is 2.01. The van der Waals surface area contributed by atoms with Crippen LogP contribution in [-0.2, 0) is 16.1 Å². The molecule has 0 saturated carbocycles. The second-order valence-electron chi connectivity index (χ2n) is 3.32. The highest BCUT2D eigenvalue weighted by atomic mass is 79.9. The van der Waals surface area contributed by atoms with Crippen LogP contribution in [0, 0.1) is 0 Å². The van der Waals surface area contributed by atoms with Crippen molar-refractivity contribution in [3.8, 4) is 0 Å². The van der Waals surface area contributed by atoms with Gasteiger partial charge in [0.05, 0.1) is 6.54 Å². The van der Waals surface area contributed by atoms with Crippen LogP contribution in [0.4, 0.5) is 0 Å². The maximum Gasteiger partial charge on any atom is 0.239 e. The molecular weight excluding hydrogens is 272 g/mol. The lowest BCUT2D eigenvalue weighted by Gasteiger charge is -2.05. The van der Waals surface area contributed by atoms with Gasteiger partial charge < -0.3 is 10.6 Å². The van der Waals surface area contributed by atoms with E-state index in [-0.39, 0.29) is 18.4 Å². The first kappa shape index (κ1) is 12.7. The fourth-order valence-electron chi connectivity index (χ4n) is 1.11. The molecule has 0 spiro atoms. The summed E-state index contributed by atoms with van der Waals surface area (Å²) in [6.07, 6.45) is 0. The Morgan fingerprint density at radius 3 is 2.69 bits per heavy atom. The van der Waals surface area contributed by atoms with Crippen LogP contribution >= 0.6 is 15.9 Å². The van der Waals surface area contributed by atoms with Crippen molar-refractivity contribution in [2.75, 3.05) is 6.54 Å². The lowest BCUT2D eigenvalue weighted by atomic mass is 10.2. The topological polar surface area (TPSA) is 58.2 Å². The molecule has 0 unspecified atom stereocenters. The van der Waals surface area contributed by atoms with Crippen molar-refractivity contribution < 1.29 is 9.59 Å². The molecule has 1 aromatic rings. The SMILES string of the molecule is CC(=O)NCC(=O)NCc1cccc(Br)c1. The first-order valence-electron chi connectivity index (χ1n) is 4.83. The number of carbonyl (C=O) groups is 2. The highest BCUT2D eigenvalue weighted by molar-refractivity contribution is 9.10. The van der Waals surface area contributed by atoms with Crippen LogP contribution in [0.3, 0.4) is 0 Å².